The van der Waals surface area contributed by atoms with Crippen LogP contribution in [-0.2, 0) is 11.3 Å². The predicted octanol–water partition coefficient (Wildman–Crippen LogP) is 3.81. The minimum absolute atomic E-state index is 0.397. The van der Waals surface area contributed by atoms with Gasteiger partial charge in [0.25, 0.3) is 0 Å². The van der Waals surface area contributed by atoms with E-state index in [0.29, 0.717) is 12.0 Å². The van der Waals surface area contributed by atoms with Crippen LogP contribution < -0.4 is 10.6 Å². The second kappa shape index (κ2) is 12.6. The third-order valence-corrected chi connectivity index (χ3v) is 7.39. The Balaban J connectivity index is 1.31. The number of hydrogen-bond donors (Lipinski definition) is 2. The van der Waals surface area contributed by atoms with Gasteiger partial charge >= 0.3 is 0 Å². The fourth-order valence-electron chi connectivity index (χ4n) is 4.85. The van der Waals surface area contributed by atoms with Crippen LogP contribution >= 0.6 is 11.3 Å². The molecule has 7 heteroatoms. The van der Waals surface area contributed by atoms with E-state index < -0.39 is 0 Å². The molecule has 0 radical (unpaired) electrons. The Morgan fingerprint density at radius 1 is 1.27 bits per heavy atom. The molecule has 2 heterocycles. The van der Waals surface area contributed by atoms with Gasteiger partial charge in [0.2, 0.25) is 0 Å². The van der Waals surface area contributed by atoms with Crippen molar-refractivity contribution in [1.29, 1.82) is 0 Å². The summed E-state index contributed by atoms with van der Waals surface area (Å²) in [4.78, 5) is 11.6. The van der Waals surface area contributed by atoms with E-state index in [1.807, 2.05) is 7.05 Å². The molecule has 0 amide bonds. The highest BCUT2D eigenvalue weighted by atomic mass is 32.1. The van der Waals surface area contributed by atoms with Crippen LogP contribution in [0.4, 0.5) is 0 Å². The average Bonchev–Trinajstić information content (AvgIpc) is 3.43. The summed E-state index contributed by atoms with van der Waals surface area (Å²) in [6.45, 7) is 10.2. The number of aromatic nitrogens is 1. The van der Waals surface area contributed by atoms with Gasteiger partial charge in [0, 0.05) is 38.7 Å². The summed E-state index contributed by atoms with van der Waals surface area (Å²) < 4.78 is 6.04. The van der Waals surface area contributed by atoms with Gasteiger partial charge in [-0.05, 0) is 70.9 Å². The Kier molecular flexibility index (Phi) is 9.88. The zero-order valence-electron chi connectivity index (χ0n) is 19.2. The number of ether oxygens (including phenoxy) is 1. The molecule has 1 atom stereocenters. The third-order valence-electron chi connectivity index (χ3n) is 6.57. The van der Waals surface area contributed by atoms with Crippen LogP contribution in [0, 0.1) is 18.8 Å². The maximum Gasteiger partial charge on any atom is 0.190 e. The molecule has 0 spiro atoms. The Hall–Kier alpha value is -1.18. The molecule has 30 heavy (non-hydrogen) atoms. The van der Waals surface area contributed by atoms with Gasteiger partial charge in [-0.15, -0.1) is 11.3 Å². The first-order valence-electron chi connectivity index (χ1n) is 11.9. The highest BCUT2D eigenvalue weighted by Crippen LogP contribution is 2.30. The van der Waals surface area contributed by atoms with E-state index in [1.54, 1.807) is 11.3 Å². The highest BCUT2D eigenvalue weighted by molar-refractivity contribution is 7.09. The van der Waals surface area contributed by atoms with Crippen LogP contribution in [0.5, 0.6) is 0 Å². The second-order valence-electron chi connectivity index (χ2n) is 8.78. The van der Waals surface area contributed by atoms with Crippen molar-refractivity contribution in [2.24, 2.45) is 16.8 Å². The highest BCUT2D eigenvalue weighted by Gasteiger charge is 2.25. The van der Waals surface area contributed by atoms with E-state index in [1.165, 1.54) is 49.2 Å². The molecule has 1 saturated carbocycles. The lowest BCUT2D eigenvalue weighted by Crippen LogP contribution is -2.43. The van der Waals surface area contributed by atoms with Gasteiger partial charge in [-0.1, -0.05) is 12.8 Å². The Labute approximate surface area is 186 Å². The van der Waals surface area contributed by atoms with E-state index in [9.17, 15) is 0 Å². The van der Waals surface area contributed by atoms with Crippen molar-refractivity contribution in [2.45, 2.75) is 71.4 Å². The Bertz CT molecular complexity index is 635. The van der Waals surface area contributed by atoms with E-state index in [-0.39, 0.29) is 0 Å². The smallest absolute Gasteiger partial charge is 0.190 e. The monoisotopic (exact) mass is 435 g/mol. The molecule has 1 aliphatic carbocycles. The number of aliphatic imine (C=N–C) groups is 1. The molecule has 0 aromatic carbocycles. The minimum atomic E-state index is 0.397. The number of aryl methyl sites for hydroxylation is 1. The molecular formula is C23H41N5OS. The van der Waals surface area contributed by atoms with Crippen molar-refractivity contribution in [3.63, 3.8) is 0 Å². The summed E-state index contributed by atoms with van der Waals surface area (Å²) in [6.07, 6.45) is 9.33. The van der Waals surface area contributed by atoms with Crippen molar-refractivity contribution in [3.05, 3.63) is 16.1 Å². The van der Waals surface area contributed by atoms with Crippen molar-refractivity contribution in [2.75, 3.05) is 39.8 Å². The summed E-state index contributed by atoms with van der Waals surface area (Å²) >= 11 is 1.75. The van der Waals surface area contributed by atoms with Gasteiger partial charge in [0.05, 0.1) is 16.8 Å². The molecule has 1 saturated heterocycles. The van der Waals surface area contributed by atoms with E-state index in [4.69, 9.17) is 4.74 Å². The first-order chi connectivity index (χ1) is 14.7. The van der Waals surface area contributed by atoms with Crippen LogP contribution in [0.25, 0.3) is 0 Å². The number of rotatable bonds is 10. The largest absolute Gasteiger partial charge is 0.378 e. The van der Waals surface area contributed by atoms with Crippen LogP contribution in [0.3, 0.4) is 0 Å². The fraction of sp³-hybridized carbons (Fsp3) is 0.826. The van der Waals surface area contributed by atoms with Gasteiger partial charge in [-0.2, -0.15) is 0 Å². The standard InChI is InChI=1S/C23H41N5OS/c1-4-29-22(20-7-5-6-8-20)9-12-25-23(24-3)26-15-19-10-13-28(14-11-19)16-21-17-30-18(2)27-21/h17,19-20,22H,4-16H2,1-3H3,(H2,24,25,26). The van der Waals surface area contributed by atoms with Gasteiger partial charge in [0.1, 0.15) is 0 Å². The second-order valence-corrected chi connectivity index (χ2v) is 9.85. The number of nitrogens with zero attached hydrogens (tertiary/aromatic N) is 3. The summed E-state index contributed by atoms with van der Waals surface area (Å²) in [5.74, 6) is 2.39. The molecule has 0 bridgehead atoms. The van der Waals surface area contributed by atoms with Crippen molar-refractivity contribution in [3.8, 4) is 0 Å². The first kappa shape index (κ1) is 23.5. The molecule has 170 valence electrons. The molecule has 2 fully saturated rings. The van der Waals surface area contributed by atoms with Gasteiger partial charge in [-0.3, -0.25) is 9.89 Å². The van der Waals surface area contributed by atoms with Gasteiger partial charge in [-0.25, -0.2) is 4.98 Å². The van der Waals surface area contributed by atoms with E-state index >= 15 is 0 Å². The lowest BCUT2D eigenvalue weighted by Gasteiger charge is -2.31. The van der Waals surface area contributed by atoms with Crippen molar-refractivity contribution >= 4 is 17.3 Å². The lowest BCUT2D eigenvalue weighted by atomic mass is 9.97. The number of likely N-dealkylation sites (tertiary alicyclic amines) is 1. The maximum atomic E-state index is 6.04. The zero-order valence-corrected chi connectivity index (χ0v) is 20.0. The molecule has 1 aromatic heterocycles. The average molecular weight is 436 g/mol. The van der Waals surface area contributed by atoms with E-state index in [2.05, 4.69) is 44.7 Å². The van der Waals surface area contributed by atoms with Crippen LogP contribution in [0.1, 0.15) is 62.6 Å². The van der Waals surface area contributed by atoms with Gasteiger partial charge in [0.15, 0.2) is 5.96 Å². The molecule has 1 aromatic rings. The number of piperidine rings is 1. The lowest BCUT2D eigenvalue weighted by molar-refractivity contribution is 0.0169. The molecule has 3 rings (SSSR count). The molecular weight excluding hydrogens is 394 g/mol. The maximum absolute atomic E-state index is 6.04. The third kappa shape index (κ3) is 7.50. The molecule has 6 nitrogen and oxygen atoms in total. The molecule has 2 N–H and O–H groups in total. The molecule has 2 aliphatic rings. The zero-order chi connectivity index (χ0) is 21.2. The number of nitrogens with one attached hydrogen (secondary N) is 2. The summed E-state index contributed by atoms with van der Waals surface area (Å²) in [7, 11) is 1.87. The molecule has 1 unspecified atom stereocenters. The predicted molar refractivity (Wildman–Crippen MR) is 126 cm³/mol. The summed E-state index contributed by atoms with van der Waals surface area (Å²) in [5, 5.41) is 10.4. The quantitative estimate of drug-likeness (QED) is 0.432. The topological polar surface area (TPSA) is 61.8 Å². The van der Waals surface area contributed by atoms with Crippen molar-refractivity contribution in [1.82, 2.24) is 20.5 Å². The van der Waals surface area contributed by atoms with Crippen molar-refractivity contribution < 1.29 is 4.74 Å². The number of hydrogen-bond acceptors (Lipinski definition) is 5. The first-order valence-corrected chi connectivity index (χ1v) is 12.7. The fourth-order valence-corrected chi connectivity index (χ4v) is 5.46. The molecule has 1 aliphatic heterocycles. The SMILES string of the molecule is CCOC(CCNC(=NC)NCC1CCN(Cc2csc(C)n2)CC1)C1CCCC1. The van der Waals surface area contributed by atoms with Crippen LogP contribution in [0.15, 0.2) is 10.4 Å². The number of thiazole rings is 1. The van der Waals surface area contributed by atoms with Gasteiger partial charge < -0.3 is 15.4 Å². The normalized spacial score (nSPS) is 20.6. The number of guanidine groups is 1. The van der Waals surface area contributed by atoms with E-state index in [0.717, 1.165) is 57.6 Å². The minimum Gasteiger partial charge on any atom is -0.378 e. The Morgan fingerprint density at radius 3 is 2.67 bits per heavy atom. The van der Waals surface area contributed by atoms with Crippen LogP contribution in [-0.4, -0.2) is 61.8 Å². The Morgan fingerprint density at radius 2 is 2.03 bits per heavy atom. The summed E-state index contributed by atoms with van der Waals surface area (Å²) in [5.41, 5.74) is 1.22. The van der Waals surface area contributed by atoms with Crippen LogP contribution in [0.2, 0.25) is 0 Å². The summed E-state index contributed by atoms with van der Waals surface area (Å²) in [6, 6.07) is 0.